The number of benzene rings is 2. The Morgan fingerprint density at radius 1 is 0.875 bits per heavy atom. The minimum atomic E-state index is -3.91. The minimum absolute atomic E-state index is 0.000471. The van der Waals surface area contributed by atoms with Gasteiger partial charge in [-0.15, -0.1) is 0 Å². The lowest BCUT2D eigenvalue weighted by Gasteiger charge is -2.21. The molecule has 2 N–H and O–H groups in total. The zero-order valence-corrected chi connectivity index (χ0v) is 18.2. The fourth-order valence-electron chi connectivity index (χ4n) is 4.05. The molecule has 0 aromatic heterocycles. The Hall–Kier alpha value is -2.98. The Morgan fingerprint density at radius 3 is 2.41 bits per heavy atom. The number of hydrogen-bond donors (Lipinski definition) is 2. The number of carbonyl (C=O) groups excluding carboxylic acids is 1. The number of sulfonamides is 1. The van der Waals surface area contributed by atoms with Gasteiger partial charge in [-0.3, -0.25) is 4.79 Å². The average molecular weight is 461 g/mol. The van der Waals surface area contributed by atoms with Crippen molar-refractivity contribution in [3.05, 3.63) is 36.4 Å². The van der Waals surface area contributed by atoms with Crippen LogP contribution in [-0.2, 0) is 14.8 Å². The van der Waals surface area contributed by atoms with Crippen LogP contribution in [0.1, 0.15) is 32.1 Å². The Bertz CT molecular complexity index is 1140. The van der Waals surface area contributed by atoms with E-state index in [4.69, 9.17) is 18.9 Å². The van der Waals surface area contributed by atoms with E-state index >= 15 is 0 Å². The second-order valence-corrected chi connectivity index (χ2v) is 9.78. The van der Waals surface area contributed by atoms with Crippen molar-refractivity contribution in [2.24, 2.45) is 0 Å². The molecule has 0 saturated heterocycles. The van der Waals surface area contributed by atoms with Gasteiger partial charge in [0.15, 0.2) is 23.0 Å². The number of rotatable bonds is 5. The monoisotopic (exact) mass is 460 g/mol. The molecule has 1 fully saturated rings. The van der Waals surface area contributed by atoms with Crippen LogP contribution in [-0.4, -0.2) is 39.9 Å². The molecule has 32 heavy (non-hydrogen) atoms. The summed E-state index contributed by atoms with van der Waals surface area (Å²) < 4.78 is 50.6. The summed E-state index contributed by atoms with van der Waals surface area (Å²) in [5, 5.41) is 2.69. The van der Waals surface area contributed by atoms with Crippen LogP contribution in [0.15, 0.2) is 41.3 Å². The van der Waals surface area contributed by atoms with E-state index in [1.807, 2.05) is 0 Å². The van der Waals surface area contributed by atoms with Crippen LogP contribution in [0, 0.1) is 0 Å². The summed E-state index contributed by atoms with van der Waals surface area (Å²) in [6, 6.07) is 9.52. The Balaban J connectivity index is 1.21. The zero-order valence-electron chi connectivity index (χ0n) is 17.4. The average Bonchev–Trinajstić information content (AvgIpc) is 3.29. The third-order valence-electron chi connectivity index (χ3n) is 5.64. The van der Waals surface area contributed by atoms with Gasteiger partial charge in [-0.2, -0.15) is 0 Å². The normalized spacial score (nSPS) is 18.4. The molecule has 0 unspecified atom stereocenters. The molecule has 2 heterocycles. The van der Waals surface area contributed by atoms with Gasteiger partial charge in [-0.05, 0) is 37.1 Å². The van der Waals surface area contributed by atoms with Crippen LogP contribution in [0.3, 0.4) is 0 Å². The lowest BCUT2D eigenvalue weighted by Crippen LogP contribution is -2.34. The number of hydrogen-bond acceptors (Lipinski definition) is 7. The molecule has 0 radical (unpaired) electrons. The van der Waals surface area contributed by atoms with Gasteiger partial charge in [0.1, 0.15) is 0 Å². The molecule has 2 aliphatic heterocycles. The first kappa shape index (κ1) is 20.9. The first-order chi connectivity index (χ1) is 15.4. The fraction of sp³-hybridized carbons (Fsp3) is 0.409. The fourth-order valence-corrected chi connectivity index (χ4v) is 5.05. The van der Waals surface area contributed by atoms with E-state index in [0.717, 1.165) is 32.1 Å². The second-order valence-electron chi connectivity index (χ2n) is 8.02. The van der Waals surface area contributed by atoms with Crippen LogP contribution in [0.5, 0.6) is 23.0 Å². The quantitative estimate of drug-likeness (QED) is 0.706. The highest BCUT2D eigenvalue weighted by Crippen LogP contribution is 2.47. The molecule has 1 saturated carbocycles. The molecule has 5 rings (SSSR count). The van der Waals surface area contributed by atoms with Crippen molar-refractivity contribution in [3.63, 3.8) is 0 Å². The summed E-state index contributed by atoms with van der Waals surface area (Å²) in [5.41, 5.74) is 0.502. The molecule has 2 aromatic carbocycles. The molecule has 9 nitrogen and oxygen atoms in total. The van der Waals surface area contributed by atoms with Gasteiger partial charge in [0.05, 0.1) is 24.7 Å². The first-order valence-corrected chi connectivity index (χ1v) is 12.1. The number of nitrogens with one attached hydrogen (secondary N) is 2. The van der Waals surface area contributed by atoms with Crippen molar-refractivity contribution in [2.75, 3.05) is 25.1 Å². The predicted molar refractivity (Wildman–Crippen MR) is 115 cm³/mol. The summed E-state index contributed by atoms with van der Waals surface area (Å²) in [4.78, 5) is 12.4. The van der Waals surface area contributed by atoms with Crippen LogP contribution in [0.25, 0.3) is 0 Å². The maximum Gasteiger partial charge on any atom is 0.251 e. The molecular formula is C22H24N2O7S. The molecule has 0 atom stereocenters. The summed E-state index contributed by atoms with van der Waals surface area (Å²) in [7, 11) is -3.91. The highest BCUT2D eigenvalue weighted by Gasteiger charge is 2.44. The number of anilines is 1. The van der Waals surface area contributed by atoms with E-state index in [1.54, 1.807) is 24.3 Å². The maximum atomic E-state index is 12.6. The van der Waals surface area contributed by atoms with Crippen molar-refractivity contribution in [1.29, 1.82) is 0 Å². The molecule has 170 valence electrons. The lowest BCUT2D eigenvalue weighted by molar-refractivity contribution is -0.115. The Kier molecular flexibility index (Phi) is 5.34. The van der Waals surface area contributed by atoms with Gasteiger partial charge >= 0.3 is 0 Å². The van der Waals surface area contributed by atoms with Gasteiger partial charge in [-0.1, -0.05) is 0 Å². The Labute approximate surface area is 186 Å². The van der Waals surface area contributed by atoms with Crippen molar-refractivity contribution in [3.8, 4) is 23.0 Å². The second kappa shape index (κ2) is 8.18. The summed E-state index contributed by atoms with van der Waals surface area (Å²) in [5.74, 6) is 1.02. The maximum absolute atomic E-state index is 12.6. The number of ether oxygens (including phenoxy) is 4. The van der Waals surface area contributed by atoms with Gasteiger partial charge in [-0.25, -0.2) is 13.1 Å². The van der Waals surface area contributed by atoms with Gasteiger partial charge in [0.25, 0.3) is 5.79 Å². The SMILES string of the molecule is O=C(CNS(=O)(=O)c1ccc2c(c1)OCCCO2)Nc1ccc2c(c1)OC1(CCCC1)O2. The number of carbonyl (C=O) groups is 1. The number of fused-ring (bicyclic) bond motifs is 2. The summed E-state index contributed by atoms with van der Waals surface area (Å²) >= 11 is 0. The molecular weight excluding hydrogens is 436 g/mol. The van der Waals surface area contributed by atoms with Crippen molar-refractivity contribution in [2.45, 2.75) is 42.8 Å². The largest absolute Gasteiger partial charge is 0.490 e. The van der Waals surface area contributed by atoms with Crippen molar-refractivity contribution < 1.29 is 32.2 Å². The Morgan fingerprint density at radius 2 is 1.59 bits per heavy atom. The molecule has 1 amide bonds. The molecule has 1 aliphatic carbocycles. The highest BCUT2D eigenvalue weighted by atomic mass is 32.2. The van der Waals surface area contributed by atoms with E-state index in [-0.39, 0.29) is 4.90 Å². The molecule has 3 aliphatic rings. The topological polar surface area (TPSA) is 112 Å². The third kappa shape index (κ3) is 4.20. The van der Waals surface area contributed by atoms with Gasteiger partial charge in [0, 0.05) is 37.1 Å². The standard InChI is InChI=1S/C22H24N2O7S/c25-21(24-15-4-6-18-20(12-15)31-22(30-18)8-1-2-9-22)14-23-32(26,27)16-5-7-17-19(13-16)29-11-3-10-28-17/h4-7,12-13,23H,1-3,8-11,14H2,(H,24,25). The summed E-state index contributed by atoms with van der Waals surface area (Å²) in [6.07, 6.45) is 4.51. The van der Waals surface area contributed by atoms with E-state index in [0.29, 0.717) is 41.9 Å². The molecule has 10 heteroatoms. The molecule has 1 spiro atoms. The zero-order chi connectivity index (χ0) is 22.2. The third-order valence-corrected chi connectivity index (χ3v) is 7.04. The first-order valence-electron chi connectivity index (χ1n) is 10.6. The van der Waals surface area contributed by atoms with Crippen molar-refractivity contribution in [1.82, 2.24) is 4.72 Å². The smallest absolute Gasteiger partial charge is 0.251 e. The van der Waals surface area contributed by atoms with Crippen LogP contribution < -0.4 is 29.0 Å². The van der Waals surface area contributed by atoms with E-state index in [9.17, 15) is 13.2 Å². The van der Waals surface area contributed by atoms with E-state index in [2.05, 4.69) is 10.0 Å². The van der Waals surface area contributed by atoms with Crippen LogP contribution >= 0.6 is 0 Å². The molecule has 2 aromatic rings. The van der Waals surface area contributed by atoms with Gasteiger partial charge in [0.2, 0.25) is 15.9 Å². The van der Waals surface area contributed by atoms with Crippen LogP contribution in [0.2, 0.25) is 0 Å². The van der Waals surface area contributed by atoms with Gasteiger partial charge < -0.3 is 24.3 Å². The predicted octanol–water partition coefficient (Wildman–Crippen LogP) is 2.81. The van der Waals surface area contributed by atoms with Crippen LogP contribution in [0.4, 0.5) is 5.69 Å². The highest BCUT2D eigenvalue weighted by molar-refractivity contribution is 7.89. The van der Waals surface area contributed by atoms with E-state index < -0.39 is 28.3 Å². The molecule has 0 bridgehead atoms. The number of amides is 1. The van der Waals surface area contributed by atoms with Crippen molar-refractivity contribution >= 4 is 21.6 Å². The minimum Gasteiger partial charge on any atom is -0.490 e. The summed E-state index contributed by atoms with van der Waals surface area (Å²) in [6.45, 7) is 0.538. The van der Waals surface area contributed by atoms with E-state index in [1.165, 1.54) is 12.1 Å². The lowest BCUT2D eigenvalue weighted by atomic mass is 10.2.